The lowest BCUT2D eigenvalue weighted by Crippen LogP contribution is -2.07. The maximum absolute atomic E-state index is 12.1. The summed E-state index contributed by atoms with van der Waals surface area (Å²) in [4.78, 5) is 12.1. The number of carbonyl (C=O) groups is 1. The average Bonchev–Trinajstić information content (AvgIpc) is 3.08. The minimum atomic E-state index is -0.265. The van der Waals surface area contributed by atoms with Gasteiger partial charge >= 0.3 is 0 Å². The van der Waals surface area contributed by atoms with Crippen LogP contribution >= 0.6 is 0 Å². The van der Waals surface area contributed by atoms with Crippen LogP contribution in [-0.4, -0.2) is 26.9 Å². The predicted octanol–water partition coefficient (Wildman–Crippen LogP) is 3.08. The first-order chi connectivity index (χ1) is 11.7. The number of rotatable bonds is 5. The molecule has 0 radical (unpaired) electrons. The van der Waals surface area contributed by atoms with Gasteiger partial charge in [-0.25, -0.2) is 0 Å². The number of methoxy groups -OCH3 is 2. The van der Waals surface area contributed by atoms with Crippen LogP contribution in [0.25, 0.3) is 6.08 Å². The fourth-order valence-corrected chi connectivity index (χ4v) is 2.30. The summed E-state index contributed by atoms with van der Waals surface area (Å²) >= 11 is 0. The van der Waals surface area contributed by atoms with Crippen molar-refractivity contribution in [3.05, 3.63) is 48.0 Å². The van der Waals surface area contributed by atoms with Gasteiger partial charge in [-0.3, -0.25) is 4.79 Å². The van der Waals surface area contributed by atoms with Crippen LogP contribution in [-0.2, 0) is 4.79 Å². The standard InChI is InChI=1S/C18H17NO5/c1-21-14-5-3-4-12(8-14)6-7-17(20)19-13-9-15(22-2)18-16(10-13)23-11-24-18/h3-10H,11H2,1-2H3,(H,19,20). The van der Waals surface area contributed by atoms with Crippen LogP contribution in [0.15, 0.2) is 42.5 Å². The first-order valence-corrected chi connectivity index (χ1v) is 7.30. The lowest BCUT2D eigenvalue weighted by molar-refractivity contribution is -0.111. The van der Waals surface area contributed by atoms with Gasteiger partial charge in [0, 0.05) is 23.9 Å². The van der Waals surface area contributed by atoms with E-state index in [9.17, 15) is 4.79 Å². The number of hydrogen-bond donors (Lipinski definition) is 1. The maximum Gasteiger partial charge on any atom is 0.248 e. The molecule has 0 atom stereocenters. The summed E-state index contributed by atoms with van der Waals surface area (Å²) in [5, 5.41) is 2.77. The fourth-order valence-electron chi connectivity index (χ4n) is 2.30. The van der Waals surface area contributed by atoms with Crippen molar-refractivity contribution in [1.82, 2.24) is 0 Å². The lowest BCUT2D eigenvalue weighted by atomic mass is 10.2. The number of hydrogen-bond acceptors (Lipinski definition) is 5. The van der Waals surface area contributed by atoms with Crippen LogP contribution < -0.4 is 24.3 Å². The summed E-state index contributed by atoms with van der Waals surface area (Å²) in [6.45, 7) is 0.138. The van der Waals surface area contributed by atoms with Crippen LogP contribution in [0, 0.1) is 0 Å². The molecule has 24 heavy (non-hydrogen) atoms. The summed E-state index contributed by atoms with van der Waals surface area (Å²) in [6, 6.07) is 10.8. The molecule has 0 spiro atoms. The molecule has 6 heteroatoms. The Labute approximate surface area is 139 Å². The molecule has 0 aromatic heterocycles. The van der Waals surface area contributed by atoms with Crippen molar-refractivity contribution in [3.8, 4) is 23.0 Å². The number of ether oxygens (including phenoxy) is 4. The second-order valence-electron chi connectivity index (χ2n) is 5.01. The normalized spacial score (nSPS) is 12.2. The SMILES string of the molecule is COc1cccc(C=CC(=O)Nc2cc(OC)c3c(c2)OCO3)c1. The highest BCUT2D eigenvalue weighted by Crippen LogP contribution is 2.43. The van der Waals surface area contributed by atoms with Gasteiger partial charge in [0.1, 0.15) is 5.75 Å². The van der Waals surface area contributed by atoms with Gasteiger partial charge in [0.25, 0.3) is 0 Å². The molecule has 0 aliphatic carbocycles. The molecule has 1 aliphatic heterocycles. The minimum Gasteiger partial charge on any atom is -0.497 e. The van der Waals surface area contributed by atoms with E-state index in [0.717, 1.165) is 11.3 Å². The van der Waals surface area contributed by atoms with E-state index in [1.807, 2.05) is 24.3 Å². The summed E-state index contributed by atoms with van der Waals surface area (Å²) in [5.74, 6) is 2.07. The average molecular weight is 327 g/mol. The zero-order valence-corrected chi connectivity index (χ0v) is 13.4. The van der Waals surface area contributed by atoms with Gasteiger partial charge in [-0.15, -0.1) is 0 Å². The highest BCUT2D eigenvalue weighted by atomic mass is 16.7. The number of amides is 1. The molecule has 0 fully saturated rings. The first kappa shape index (κ1) is 15.7. The smallest absolute Gasteiger partial charge is 0.248 e. The second kappa shape index (κ2) is 6.95. The van der Waals surface area contributed by atoms with E-state index in [1.165, 1.54) is 13.2 Å². The maximum atomic E-state index is 12.1. The quantitative estimate of drug-likeness (QED) is 0.855. The largest absolute Gasteiger partial charge is 0.497 e. The molecule has 0 saturated heterocycles. The van der Waals surface area contributed by atoms with E-state index < -0.39 is 0 Å². The second-order valence-corrected chi connectivity index (χ2v) is 5.01. The molecule has 0 bridgehead atoms. The third-order valence-electron chi connectivity index (χ3n) is 3.45. The van der Waals surface area contributed by atoms with Gasteiger partial charge in [0.2, 0.25) is 18.4 Å². The lowest BCUT2D eigenvalue weighted by Gasteiger charge is -2.08. The summed E-state index contributed by atoms with van der Waals surface area (Å²) in [6.07, 6.45) is 3.16. The first-order valence-electron chi connectivity index (χ1n) is 7.30. The molecular formula is C18H17NO5. The molecule has 6 nitrogen and oxygen atoms in total. The monoisotopic (exact) mass is 327 g/mol. The van der Waals surface area contributed by atoms with Gasteiger partial charge in [0.05, 0.1) is 14.2 Å². The van der Waals surface area contributed by atoms with E-state index in [-0.39, 0.29) is 12.7 Å². The topological polar surface area (TPSA) is 66.0 Å². The Bertz CT molecular complexity index is 785. The van der Waals surface area contributed by atoms with E-state index in [4.69, 9.17) is 18.9 Å². The molecule has 1 heterocycles. The van der Waals surface area contributed by atoms with Crippen molar-refractivity contribution in [2.75, 3.05) is 26.3 Å². The van der Waals surface area contributed by atoms with Crippen LogP contribution in [0.3, 0.4) is 0 Å². The third-order valence-corrected chi connectivity index (χ3v) is 3.45. The number of carbonyl (C=O) groups excluding carboxylic acids is 1. The Hall–Kier alpha value is -3.15. The van der Waals surface area contributed by atoms with Crippen molar-refractivity contribution in [2.45, 2.75) is 0 Å². The molecular weight excluding hydrogens is 310 g/mol. The fraction of sp³-hybridized carbons (Fsp3) is 0.167. The molecule has 1 N–H and O–H groups in total. The van der Waals surface area contributed by atoms with Crippen molar-refractivity contribution >= 4 is 17.7 Å². The molecule has 3 rings (SSSR count). The molecule has 124 valence electrons. The zero-order valence-electron chi connectivity index (χ0n) is 13.4. The van der Waals surface area contributed by atoms with Crippen LogP contribution in [0.1, 0.15) is 5.56 Å². The summed E-state index contributed by atoms with van der Waals surface area (Å²) < 4.78 is 21.1. The number of benzene rings is 2. The van der Waals surface area contributed by atoms with Gasteiger partial charge in [0.15, 0.2) is 11.5 Å². The summed E-state index contributed by atoms with van der Waals surface area (Å²) in [7, 11) is 3.13. The van der Waals surface area contributed by atoms with Crippen molar-refractivity contribution in [3.63, 3.8) is 0 Å². The Balaban J connectivity index is 1.72. The molecule has 2 aromatic carbocycles. The van der Waals surface area contributed by atoms with Gasteiger partial charge < -0.3 is 24.3 Å². The van der Waals surface area contributed by atoms with E-state index in [1.54, 1.807) is 25.3 Å². The minimum absolute atomic E-state index is 0.138. The summed E-state index contributed by atoms with van der Waals surface area (Å²) in [5.41, 5.74) is 1.43. The van der Waals surface area contributed by atoms with E-state index in [0.29, 0.717) is 22.9 Å². The van der Waals surface area contributed by atoms with Crippen LogP contribution in [0.4, 0.5) is 5.69 Å². The van der Waals surface area contributed by atoms with Gasteiger partial charge in [-0.2, -0.15) is 0 Å². The molecule has 2 aromatic rings. The Morgan fingerprint density at radius 2 is 2.04 bits per heavy atom. The van der Waals surface area contributed by atoms with E-state index in [2.05, 4.69) is 5.32 Å². The van der Waals surface area contributed by atoms with Crippen LogP contribution in [0.5, 0.6) is 23.0 Å². The molecule has 0 unspecified atom stereocenters. The molecule has 1 aliphatic rings. The van der Waals surface area contributed by atoms with E-state index >= 15 is 0 Å². The van der Waals surface area contributed by atoms with Gasteiger partial charge in [-0.1, -0.05) is 12.1 Å². The Kier molecular flexibility index (Phi) is 4.56. The van der Waals surface area contributed by atoms with Gasteiger partial charge in [-0.05, 0) is 23.8 Å². The van der Waals surface area contributed by atoms with Crippen molar-refractivity contribution < 1.29 is 23.7 Å². The van der Waals surface area contributed by atoms with Crippen molar-refractivity contribution in [1.29, 1.82) is 0 Å². The van der Waals surface area contributed by atoms with Crippen molar-refractivity contribution in [2.24, 2.45) is 0 Å². The highest BCUT2D eigenvalue weighted by molar-refractivity contribution is 6.02. The Morgan fingerprint density at radius 1 is 1.17 bits per heavy atom. The number of anilines is 1. The number of fused-ring (bicyclic) bond motifs is 1. The molecule has 1 amide bonds. The predicted molar refractivity (Wildman–Crippen MR) is 89.8 cm³/mol. The highest BCUT2D eigenvalue weighted by Gasteiger charge is 2.20. The Morgan fingerprint density at radius 3 is 2.83 bits per heavy atom. The van der Waals surface area contributed by atoms with Crippen LogP contribution in [0.2, 0.25) is 0 Å². The molecule has 0 saturated carbocycles. The zero-order chi connectivity index (χ0) is 16.9. The number of nitrogens with one attached hydrogen (secondary N) is 1. The third kappa shape index (κ3) is 3.43.